The van der Waals surface area contributed by atoms with Gasteiger partial charge in [-0.15, -0.1) is 0 Å². The summed E-state index contributed by atoms with van der Waals surface area (Å²) < 4.78 is 1.10. The van der Waals surface area contributed by atoms with E-state index >= 15 is 0 Å². The molecule has 0 amide bonds. The van der Waals surface area contributed by atoms with E-state index in [-0.39, 0.29) is 0 Å². The zero-order chi connectivity index (χ0) is 21.2. The van der Waals surface area contributed by atoms with Crippen LogP contribution in [0.3, 0.4) is 0 Å². The Morgan fingerprint density at radius 3 is 2.39 bits per heavy atom. The number of halogens is 1. The van der Waals surface area contributed by atoms with E-state index in [4.69, 9.17) is 0 Å². The van der Waals surface area contributed by atoms with E-state index in [1.807, 2.05) is 0 Å². The first kappa shape index (κ1) is 20.1. The minimum Gasteiger partial charge on any atom is -0.318 e. The molecule has 0 spiro atoms. The van der Waals surface area contributed by atoms with Crippen LogP contribution in [0, 0.1) is 11.8 Å². The first-order valence-corrected chi connectivity index (χ1v) is 11.8. The van der Waals surface area contributed by atoms with Crippen molar-refractivity contribution in [3.05, 3.63) is 130 Å². The fourth-order valence-corrected chi connectivity index (χ4v) is 5.03. The molecule has 0 bridgehead atoms. The third-order valence-electron chi connectivity index (χ3n) is 6.46. The molecule has 0 heterocycles. The maximum atomic E-state index is 3.59. The van der Waals surface area contributed by atoms with Gasteiger partial charge in [0.1, 0.15) is 0 Å². The van der Waals surface area contributed by atoms with Crippen LogP contribution in [0.15, 0.2) is 125 Å². The normalized spacial score (nSPS) is 22.1. The molecule has 0 N–H and O–H groups in total. The number of fused-ring (bicyclic) bond motifs is 1. The zero-order valence-corrected chi connectivity index (χ0v) is 19.3. The highest BCUT2D eigenvalue weighted by molar-refractivity contribution is 9.10. The molecule has 2 unspecified atom stereocenters. The Labute approximate surface area is 193 Å². The number of anilines is 1. The van der Waals surface area contributed by atoms with Gasteiger partial charge in [0.2, 0.25) is 0 Å². The molecule has 2 aromatic rings. The van der Waals surface area contributed by atoms with E-state index in [1.54, 1.807) is 0 Å². The minimum atomic E-state index is 0.408. The van der Waals surface area contributed by atoms with Gasteiger partial charge in [-0.05, 0) is 66.0 Å². The van der Waals surface area contributed by atoms with Crippen molar-refractivity contribution >= 4 is 27.2 Å². The lowest BCUT2D eigenvalue weighted by Crippen LogP contribution is -2.31. The highest BCUT2D eigenvalue weighted by Crippen LogP contribution is 2.41. The van der Waals surface area contributed by atoms with E-state index in [1.165, 1.54) is 33.8 Å². The maximum absolute atomic E-state index is 3.59. The van der Waals surface area contributed by atoms with E-state index in [2.05, 4.69) is 131 Å². The number of allylic oxidation sites excluding steroid dienone is 12. The van der Waals surface area contributed by atoms with Crippen molar-refractivity contribution in [1.82, 2.24) is 0 Å². The van der Waals surface area contributed by atoms with Crippen LogP contribution < -0.4 is 4.90 Å². The summed E-state index contributed by atoms with van der Waals surface area (Å²) in [4.78, 5) is 2.48. The summed E-state index contributed by atoms with van der Waals surface area (Å²) in [5.74, 6) is 0.841. The SMILES string of the molecule is CC1C(N(C2=CC=C(c3ccccc3)CC2)c2ccc(Br)cc2)=CC=C2C=CC=CC21. The summed E-state index contributed by atoms with van der Waals surface area (Å²) in [5, 5.41) is 0. The van der Waals surface area contributed by atoms with Crippen molar-refractivity contribution in [1.29, 1.82) is 0 Å². The van der Waals surface area contributed by atoms with Crippen molar-refractivity contribution in [3.63, 3.8) is 0 Å². The van der Waals surface area contributed by atoms with Gasteiger partial charge >= 0.3 is 0 Å². The monoisotopic (exact) mass is 467 g/mol. The zero-order valence-electron chi connectivity index (χ0n) is 17.7. The molecule has 0 fully saturated rings. The molecule has 2 atom stereocenters. The fraction of sp³-hybridized carbons (Fsp3) is 0.172. The van der Waals surface area contributed by atoms with Crippen LogP contribution in [0.5, 0.6) is 0 Å². The van der Waals surface area contributed by atoms with Crippen molar-refractivity contribution in [2.75, 3.05) is 4.90 Å². The number of hydrogen-bond donors (Lipinski definition) is 0. The summed E-state index contributed by atoms with van der Waals surface area (Å²) in [6.45, 7) is 2.35. The molecule has 0 saturated heterocycles. The van der Waals surface area contributed by atoms with Crippen LogP contribution in [0.2, 0.25) is 0 Å². The molecule has 2 heteroatoms. The summed E-state index contributed by atoms with van der Waals surface area (Å²) in [5.41, 5.74) is 8.07. The van der Waals surface area contributed by atoms with Crippen LogP contribution >= 0.6 is 15.9 Å². The summed E-state index contributed by atoms with van der Waals surface area (Å²) in [6.07, 6.45) is 20.2. The molecule has 3 aliphatic rings. The predicted octanol–water partition coefficient (Wildman–Crippen LogP) is 8.22. The third-order valence-corrected chi connectivity index (χ3v) is 6.99. The van der Waals surface area contributed by atoms with Crippen LogP contribution in [0.4, 0.5) is 5.69 Å². The smallest absolute Gasteiger partial charge is 0.0456 e. The summed E-state index contributed by atoms with van der Waals surface area (Å²) in [6, 6.07) is 19.4. The summed E-state index contributed by atoms with van der Waals surface area (Å²) in [7, 11) is 0. The molecule has 2 aromatic carbocycles. The topological polar surface area (TPSA) is 3.24 Å². The second-order valence-electron chi connectivity index (χ2n) is 8.34. The molecule has 3 aliphatic carbocycles. The van der Waals surface area contributed by atoms with Crippen molar-refractivity contribution in [3.8, 4) is 0 Å². The molecule has 5 rings (SSSR count). The molecule has 0 saturated carbocycles. The van der Waals surface area contributed by atoms with Crippen LogP contribution in [0.1, 0.15) is 25.3 Å². The largest absolute Gasteiger partial charge is 0.318 e. The van der Waals surface area contributed by atoms with Crippen molar-refractivity contribution in [2.24, 2.45) is 11.8 Å². The van der Waals surface area contributed by atoms with Crippen LogP contribution in [-0.4, -0.2) is 0 Å². The second-order valence-corrected chi connectivity index (χ2v) is 9.26. The van der Waals surface area contributed by atoms with Gasteiger partial charge in [0.25, 0.3) is 0 Å². The standard InChI is InChI=1S/C29H26BrN/c1-21-28-10-6-5-9-24(28)13-20-29(21)31(27-18-14-25(30)15-19-27)26-16-11-23(12-17-26)22-7-3-2-4-8-22/h2-11,13-16,18-21,28H,12,17H2,1H3. The number of nitrogens with zero attached hydrogens (tertiary/aromatic N) is 1. The Morgan fingerprint density at radius 1 is 0.839 bits per heavy atom. The average molecular weight is 468 g/mol. The highest BCUT2D eigenvalue weighted by atomic mass is 79.9. The van der Waals surface area contributed by atoms with Crippen LogP contribution in [-0.2, 0) is 0 Å². The molecule has 0 aliphatic heterocycles. The molecule has 1 nitrogen and oxygen atoms in total. The molecule has 31 heavy (non-hydrogen) atoms. The summed E-state index contributed by atoms with van der Waals surface area (Å²) >= 11 is 3.59. The molecule has 0 radical (unpaired) electrons. The first-order valence-electron chi connectivity index (χ1n) is 11.0. The Hall–Kier alpha value is -2.84. The molecular formula is C29H26BrN. The van der Waals surface area contributed by atoms with E-state index < -0.39 is 0 Å². The second kappa shape index (κ2) is 8.72. The van der Waals surface area contributed by atoms with E-state index in [0.29, 0.717) is 11.8 Å². The van der Waals surface area contributed by atoms with Gasteiger partial charge in [0.15, 0.2) is 0 Å². The molecule has 154 valence electrons. The van der Waals surface area contributed by atoms with Gasteiger partial charge in [-0.25, -0.2) is 0 Å². The quantitative estimate of drug-likeness (QED) is 0.437. The average Bonchev–Trinajstić information content (AvgIpc) is 2.83. The van der Waals surface area contributed by atoms with Gasteiger partial charge in [-0.3, -0.25) is 0 Å². The van der Waals surface area contributed by atoms with Gasteiger partial charge in [-0.1, -0.05) is 89.6 Å². The number of rotatable bonds is 4. The lowest BCUT2D eigenvalue weighted by atomic mass is 9.78. The fourth-order valence-electron chi connectivity index (χ4n) is 4.77. The number of benzene rings is 2. The van der Waals surface area contributed by atoms with Gasteiger partial charge in [-0.2, -0.15) is 0 Å². The van der Waals surface area contributed by atoms with E-state index in [9.17, 15) is 0 Å². The predicted molar refractivity (Wildman–Crippen MR) is 135 cm³/mol. The van der Waals surface area contributed by atoms with Crippen molar-refractivity contribution in [2.45, 2.75) is 19.8 Å². The Morgan fingerprint density at radius 2 is 1.65 bits per heavy atom. The van der Waals surface area contributed by atoms with Crippen LogP contribution in [0.25, 0.3) is 5.57 Å². The van der Waals surface area contributed by atoms with Gasteiger partial charge in [0, 0.05) is 33.4 Å². The lowest BCUT2D eigenvalue weighted by molar-refractivity contribution is 0.536. The van der Waals surface area contributed by atoms with Gasteiger partial charge < -0.3 is 4.90 Å². The molecular weight excluding hydrogens is 442 g/mol. The first-order chi connectivity index (χ1) is 15.2. The molecule has 0 aromatic heterocycles. The highest BCUT2D eigenvalue weighted by Gasteiger charge is 2.30. The van der Waals surface area contributed by atoms with Gasteiger partial charge in [0.05, 0.1) is 0 Å². The number of hydrogen-bond acceptors (Lipinski definition) is 1. The Bertz CT molecular complexity index is 1140. The minimum absolute atomic E-state index is 0.408. The third kappa shape index (κ3) is 4.05. The van der Waals surface area contributed by atoms with E-state index in [0.717, 1.165) is 17.3 Å². The maximum Gasteiger partial charge on any atom is 0.0456 e. The lowest BCUT2D eigenvalue weighted by Gasteiger charge is -2.39. The van der Waals surface area contributed by atoms with Crippen molar-refractivity contribution < 1.29 is 0 Å². The Balaban J connectivity index is 1.55. The Kier molecular flexibility index (Phi) is 5.65.